The smallest absolute Gasteiger partial charge is 0.435 e. The van der Waals surface area contributed by atoms with Gasteiger partial charge < -0.3 is 4.74 Å². The zero-order valence-corrected chi connectivity index (χ0v) is 8.78. The third-order valence-electron chi connectivity index (χ3n) is 1.59. The summed E-state index contributed by atoms with van der Waals surface area (Å²) in [5.41, 5.74) is -1.02. The van der Waals surface area contributed by atoms with Gasteiger partial charge in [-0.25, -0.2) is 0 Å². The number of carbonyl (C=O) groups excluding carboxylic acids is 1. The van der Waals surface area contributed by atoms with Crippen LogP contribution in [-0.4, -0.2) is 21.9 Å². The molecule has 0 bridgehead atoms. The Bertz CT molecular complexity index is 371. The molecule has 0 spiro atoms. The molecular formula is C9H11F3N2O2. The van der Waals surface area contributed by atoms with Crippen molar-refractivity contribution in [1.82, 2.24) is 9.78 Å². The zero-order valence-electron chi connectivity index (χ0n) is 8.78. The fourth-order valence-corrected chi connectivity index (χ4v) is 1.03. The minimum absolute atomic E-state index is 0.301. The van der Waals surface area contributed by atoms with E-state index in [1.165, 1.54) is 0 Å². The molecule has 0 aromatic carbocycles. The number of hydrogen-bond donors (Lipinski definition) is 0. The van der Waals surface area contributed by atoms with Crippen LogP contribution in [0.3, 0.4) is 0 Å². The predicted molar refractivity (Wildman–Crippen MR) is 48.5 cm³/mol. The van der Waals surface area contributed by atoms with Crippen molar-refractivity contribution in [3.8, 4) is 0 Å². The van der Waals surface area contributed by atoms with Gasteiger partial charge in [0.05, 0.1) is 6.10 Å². The summed E-state index contributed by atoms with van der Waals surface area (Å²) < 4.78 is 42.1. The van der Waals surface area contributed by atoms with Crippen molar-refractivity contribution in [2.75, 3.05) is 0 Å². The SMILES string of the molecule is CC(C)OC(=O)Cn1ccc(C(F)(F)F)n1. The van der Waals surface area contributed by atoms with E-state index in [9.17, 15) is 18.0 Å². The van der Waals surface area contributed by atoms with Gasteiger partial charge in [0.25, 0.3) is 0 Å². The van der Waals surface area contributed by atoms with E-state index in [4.69, 9.17) is 4.74 Å². The third kappa shape index (κ3) is 3.56. The van der Waals surface area contributed by atoms with Gasteiger partial charge in [-0.15, -0.1) is 0 Å². The zero-order chi connectivity index (χ0) is 12.3. The summed E-state index contributed by atoms with van der Waals surface area (Å²) in [5.74, 6) is -0.619. The normalized spacial score (nSPS) is 11.9. The van der Waals surface area contributed by atoms with Crippen LogP contribution in [0, 0.1) is 0 Å². The second kappa shape index (κ2) is 4.54. The molecule has 0 radical (unpaired) electrons. The Hall–Kier alpha value is -1.53. The molecule has 0 atom stereocenters. The molecule has 1 aromatic rings. The van der Waals surface area contributed by atoms with E-state index in [1.54, 1.807) is 13.8 Å². The Morgan fingerprint density at radius 2 is 2.19 bits per heavy atom. The molecule has 0 aliphatic heterocycles. The lowest BCUT2D eigenvalue weighted by molar-refractivity contribution is -0.149. The van der Waals surface area contributed by atoms with E-state index in [2.05, 4.69) is 5.10 Å². The Morgan fingerprint density at radius 3 is 2.62 bits per heavy atom. The van der Waals surface area contributed by atoms with Crippen molar-refractivity contribution in [3.05, 3.63) is 18.0 Å². The van der Waals surface area contributed by atoms with E-state index in [0.717, 1.165) is 16.9 Å². The van der Waals surface area contributed by atoms with E-state index in [-0.39, 0.29) is 12.6 Å². The molecule has 0 unspecified atom stereocenters. The quantitative estimate of drug-likeness (QED) is 0.752. The number of nitrogens with zero attached hydrogens (tertiary/aromatic N) is 2. The highest BCUT2D eigenvalue weighted by atomic mass is 19.4. The van der Waals surface area contributed by atoms with Gasteiger partial charge in [-0.2, -0.15) is 18.3 Å². The second-order valence-corrected chi connectivity index (χ2v) is 3.43. The number of hydrogen-bond acceptors (Lipinski definition) is 3. The average molecular weight is 236 g/mol. The Kier molecular flexibility index (Phi) is 3.56. The van der Waals surface area contributed by atoms with Crippen LogP contribution in [0.25, 0.3) is 0 Å². The van der Waals surface area contributed by atoms with Crippen molar-refractivity contribution in [2.24, 2.45) is 0 Å². The van der Waals surface area contributed by atoms with Gasteiger partial charge in [0.2, 0.25) is 0 Å². The maximum Gasteiger partial charge on any atom is 0.435 e. The van der Waals surface area contributed by atoms with E-state index >= 15 is 0 Å². The van der Waals surface area contributed by atoms with Gasteiger partial charge in [-0.05, 0) is 19.9 Å². The standard InChI is InChI=1S/C9H11F3N2O2/c1-6(2)16-8(15)5-14-4-3-7(13-14)9(10,11)12/h3-4,6H,5H2,1-2H3. The van der Waals surface area contributed by atoms with Crippen molar-refractivity contribution in [1.29, 1.82) is 0 Å². The van der Waals surface area contributed by atoms with Crippen LogP contribution in [0.15, 0.2) is 12.3 Å². The van der Waals surface area contributed by atoms with Gasteiger partial charge >= 0.3 is 12.1 Å². The number of rotatable bonds is 3. The van der Waals surface area contributed by atoms with Crippen molar-refractivity contribution >= 4 is 5.97 Å². The Balaban J connectivity index is 2.62. The van der Waals surface area contributed by atoms with E-state index in [1.807, 2.05) is 0 Å². The van der Waals surface area contributed by atoms with Gasteiger partial charge in [0, 0.05) is 6.20 Å². The number of ether oxygens (including phenoxy) is 1. The summed E-state index contributed by atoms with van der Waals surface area (Å²) >= 11 is 0. The van der Waals surface area contributed by atoms with E-state index < -0.39 is 17.8 Å². The number of alkyl halides is 3. The van der Waals surface area contributed by atoms with E-state index in [0.29, 0.717) is 0 Å². The molecule has 0 aliphatic carbocycles. The monoisotopic (exact) mass is 236 g/mol. The molecular weight excluding hydrogens is 225 g/mol. The Labute approximate surface area is 90.0 Å². The fraction of sp³-hybridized carbons (Fsp3) is 0.556. The molecule has 1 aromatic heterocycles. The molecule has 1 rings (SSSR count). The topological polar surface area (TPSA) is 44.1 Å². The van der Waals surface area contributed by atoms with Crippen molar-refractivity contribution < 1.29 is 22.7 Å². The third-order valence-corrected chi connectivity index (χ3v) is 1.59. The first-order chi connectivity index (χ1) is 7.29. The van der Waals surface area contributed by atoms with Crippen LogP contribution < -0.4 is 0 Å². The van der Waals surface area contributed by atoms with Crippen molar-refractivity contribution in [3.63, 3.8) is 0 Å². The van der Waals surface area contributed by atoms with Crippen LogP contribution in [0.2, 0.25) is 0 Å². The number of halogens is 3. The van der Waals surface area contributed by atoms with Crippen LogP contribution in [-0.2, 0) is 22.3 Å². The van der Waals surface area contributed by atoms with Gasteiger partial charge in [-0.3, -0.25) is 9.48 Å². The number of aromatic nitrogens is 2. The molecule has 16 heavy (non-hydrogen) atoms. The predicted octanol–water partition coefficient (Wildman–Crippen LogP) is 1.85. The highest BCUT2D eigenvalue weighted by molar-refractivity contribution is 5.69. The first-order valence-corrected chi connectivity index (χ1v) is 4.59. The average Bonchev–Trinajstić information content (AvgIpc) is 2.49. The molecule has 0 saturated heterocycles. The maximum absolute atomic E-state index is 12.2. The summed E-state index contributed by atoms with van der Waals surface area (Å²) in [5, 5.41) is 3.22. The molecule has 0 saturated carbocycles. The molecule has 0 N–H and O–H groups in total. The summed E-state index contributed by atoms with van der Waals surface area (Å²) in [4.78, 5) is 11.1. The molecule has 0 amide bonds. The molecule has 0 aliphatic rings. The molecule has 90 valence electrons. The molecule has 1 heterocycles. The molecule has 0 fully saturated rings. The summed E-state index contributed by atoms with van der Waals surface area (Å²) in [6.45, 7) is 2.98. The maximum atomic E-state index is 12.2. The minimum Gasteiger partial charge on any atom is -0.462 e. The lowest BCUT2D eigenvalue weighted by Crippen LogP contribution is -2.18. The highest BCUT2D eigenvalue weighted by Gasteiger charge is 2.33. The summed E-state index contributed by atoms with van der Waals surface area (Å²) in [6.07, 6.45) is -3.71. The lowest BCUT2D eigenvalue weighted by Gasteiger charge is -2.07. The van der Waals surface area contributed by atoms with Crippen LogP contribution in [0.1, 0.15) is 19.5 Å². The van der Waals surface area contributed by atoms with Gasteiger partial charge in [-0.1, -0.05) is 0 Å². The summed E-state index contributed by atoms with van der Waals surface area (Å²) in [7, 11) is 0. The second-order valence-electron chi connectivity index (χ2n) is 3.43. The molecule has 7 heteroatoms. The van der Waals surface area contributed by atoms with Crippen LogP contribution in [0.5, 0.6) is 0 Å². The summed E-state index contributed by atoms with van der Waals surface area (Å²) in [6, 6.07) is 0.808. The molecule has 4 nitrogen and oxygen atoms in total. The van der Waals surface area contributed by atoms with Gasteiger partial charge in [0.1, 0.15) is 6.54 Å². The highest BCUT2D eigenvalue weighted by Crippen LogP contribution is 2.27. The van der Waals surface area contributed by atoms with Crippen LogP contribution in [0.4, 0.5) is 13.2 Å². The van der Waals surface area contributed by atoms with Gasteiger partial charge in [0.15, 0.2) is 5.69 Å². The van der Waals surface area contributed by atoms with Crippen molar-refractivity contribution in [2.45, 2.75) is 32.7 Å². The first kappa shape index (κ1) is 12.5. The Morgan fingerprint density at radius 1 is 1.56 bits per heavy atom. The number of carbonyl (C=O) groups is 1. The lowest BCUT2D eigenvalue weighted by atomic mass is 10.4. The number of esters is 1. The fourth-order valence-electron chi connectivity index (χ4n) is 1.03. The largest absolute Gasteiger partial charge is 0.462 e. The minimum atomic E-state index is -4.49. The first-order valence-electron chi connectivity index (χ1n) is 4.59. The van der Waals surface area contributed by atoms with Crippen LogP contribution >= 0.6 is 0 Å².